The molecule has 0 amide bonds. The number of fused-ring (bicyclic) bond motifs is 1. The second-order valence-corrected chi connectivity index (χ2v) is 9.23. The van der Waals surface area contributed by atoms with Crippen molar-refractivity contribution in [3.63, 3.8) is 0 Å². The van der Waals surface area contributed by atoms with Crippen LogP contribution in [-0.2, 0) is 0 Å². The molecule has 1 N–H and O–H groups in total. The number of non-ortho nitro benzene ring substituents is 1. The van der Waals surface area contributed by atoms with Crippen molar-refractivity contribution in [1.29, 1.82) is 0 Å². The molecule has 0 bridgehead atoms. The van der Waals surface area contributed by atoms with Crippen LogP contribution in [0.15, 0.2) is 117 Å². The van der Waals surface area contributed by atoms with Crippen molar-refractivity contribution in [2.75, 3.05) is 0 Å². The first-order valence-electron chi connectivity index (χ1n) is 11.6. The van der Waals surface area contributed by atoms with Crippen LogP contribution in [0.1, 0.15) is 0 Å². The molecule has 0 fully saturated rings. The van der Waals surface area contributed by atoms with Crippen molar-refractivity contribution in [2.24, 2.45) is 10.2 Å². The fraction of sp³-hybridized carbons (Fsp3) is 0. The lowest BCUT2D eigenvalue weighted by Crippen LogP contribution is -2.13. The molecule has 184 valence electrons. The van der Waals surface area contributed by atoms with Crippen LogP contribution in [0.5, 0.6) is 0 Å². The Bertz CT molecular complexity index is 1870. The number of benzene rings is 4. The number of H-pyrrole nitrogens is 1. The topological polar surface area (TPSA) is 119 Å². The van der Waals surface area contributed by atoms with Crippen molar-refractivity contribution in [3.8, 4) is 27.6 Å². The van der Waals surface area contributed by atoms with Gasteiger partial charge in [0, 0.05) is 28.6 Å². The van der Waals surface area contributed by atoms with E-state index < -0.39 is 10.5 Å². The summed E-state index contributed by atoms with van der Waals surface area (Å²) in [5.41, 5.74) is 2.78. The summed E-state index contributed by atoms with van der Waals surface area (Å²) in [5.74, 6) is 0. The second kappa shape index (κ2) is 9.68. The number of hydrogen-bond donors (Lipinski definition) is 1. The maximum atomic E-state index is 13.6. The van der Waals surface area contributed by atoms with Gasteiger partial charge in [0.05, 0.1) is 22.0 Å². The Kier molecular flexibility index (Phi) is 5.91. The van der Waals surface area contributed by atoms with Crippen molar-refractivity contribution < 1.29 is 4.92 Å². The van der Waals surface area contributed by atoms with Crippen LogP contribution in [0.4, 0.5) is 17.1 Å². The van der Waals surface area contributed by atoms with Gasteiger partial charge in [-0.25, -0.2) is 4.98 Å². The fourth-order valence-corrected chi connectivity index (χ4v) is 4.85. The van der Waals surface area contributed by atoms with E-state index >= 15 is 0 Å². The van der Waals surface area contributed by atoms with Crippen molar-refractivity contribution in [2.45, 2.75) is 0 Å². The molecular formula is C28H18N6O3S. The van der Waals surface area contributed by atoms with Gasteiger partial charge in [-0.2, -0.15) is 9.80 Å². The molecule has 6 rings (SSSR count). The zero-order chi connectivity index (χ0) is 26.1. The fourth-order valence-electron chi connectivity index (χ4n) is 4.06. The summed E-state index contributed by atoms with van der Waals surface area (Å²) in [7, 11) is 0. The molecule has 0 atom stereocenters. The van der Waals surface area contributed by atoms with Crippen LogP contribution in [0.3, 0.4) is 0 Å². The molecule has 0 aliphatic rings. The van der Waals surface area contributed by atoms with Gasteiger partial charge >= 0.3 is 5.56 Å². The molecule has 0 aliphatic heterocycles. The minimum Gasteiger partial charge on any atom is -0.286 e. The molecule has 6 aromatic rings. The number of thiazole rings is 1. The average molecular weight is 519 g/mol. The van der Waals surface area contributed by atoms with E-state index in [4.69, 9.17) is 0 Å². The van der Waals surface area contributed by atoms with Crippen LogP contribution in [0.25, 0.3) is 38.4 Å². The third-order valence-corrected chi connectivity index (χ3v) is 6.81. The van der Waals surface area contributed by atoms with E-state index in [1.807, 2.05) is 78.2 Å². The van der Waals surface area contributed by atoms with E-state index in [1.54, 1.807) is 12.1 Å². The third-order valence-electron chi connectivity index (χ3n) is 5.98. The Morgan fingerprint density at radius 2 is 1.58 bits per heavy atom. The zero-order valence-electron chi connectivity index (χ0n) is 19.7. The summed E-state index contributed by atoms with van der Waals surface area (Å²) in [6.07, 6.45) is 0. The van der Waals surface area contributed by atoms with Gasteiger partial charge in [-0.1, -0.05) is 60.7 Å². The van der Waals surface area contributed by atoms with Gasteiger partial charge in [0.25, 0.3) is 5.69 Å². The third kappa shape index (κ3) is 4.40. The standard InChI is InChI=1S/C28H18N6O3S/c35-27-26(31-30-22-13-10-18-6-4-5-9-21(18)16-22)25(20-11-14-23(15-12-20)34(36)37)32-33(27)28-29-24(17-38-28)19-7-2-1-3-8-19/h1-17,32H. The lowest BCUT2D eigenvalue weighted by molar-refractivity contribution is -0.384. The number of azo groups is 1. The van der Waals surface area contributed by atoms with Crippen molar-refractivity contribution in [3.05, 3.63) is 123 Å². The molecule has 0 unspecified atom stereocenters. The van der Waals surface area contributed by atoms with Crippen LogP contribution in [0, 0.1) is 10.1 Å². The van der Waals surface area contributed by atoms with E-state index in [0.29, 0.717) is 22.1 Å². The Morgan fingerprint density at radius 3 is 2.34 bits per heavy atom. The Balaban J connectivity index is 1.45. The summed E-state index contributed by atoms with van der Waals surface area (Å²) in [4.78, 5) is 28.9. The molecule has 0 spiro atoms. The molecule has 0 radical (unpaired) electrons. The van der Waals surface area contributed by atoms with Crippen molar-refractivity contribution >= 4 is 39.2 Å². The predicted molar refractivity (Wildman–Crippen MR) is 148 cm³/mol. The van der Waals surface area contributed by atoms with Crippen LogP contribution < -0.4 is 5.56 Å². The highest BCUT2D eigenvalue weighted by molar-refractivity contribution is 7.12. The molecule has 0 aliphatic carbocycles. The van der Waals surface area contributed by atoms with E-state index in [2.05, 4.69) is 20.3 Å². The number of nitro groups is 1. The SMILES string of the molecule is O=c1c(N=Nc2ccc3ccccc3c2)c(-c2ccc([N+](=O)[O-])cc2)[nH]n1-c1nc(-c2ccccc2)cs1. The first-order chi connectivity index (χ1) is 18.6. The number of aromatic nitrogens is 3. The maximum absolute atomic E-state index is 13.6. The number of aromatic amines is 1. The first-order valence-corrected chi connectivity index (χ1v) is 12.5. The first kappa shape index (κ1) is 23.2. The van der Waals surface area contributed by atoms with Gasteiger partial charge in [0.2, 0.25) is 5.13 Å². The second-order valence-electron chi connectivity index (χ2n) is 8.39. The molecule has 9 nitrogen and oxygen atoms in total. The minimum absolute atomic E-state index is 0.0534. The quantitative estimate of drug-likeness (QED) is 0.140. The predicted octanol–water partition coefficient (Wildman–Crippen LogP) is 7.43. The molecule has 38 heavy (non-hydrogen) atoms. The molecule has 2 heterocycles. The molecule has 4 aromatic carbocycles. The average Bonchev–Trinajstić information content (AvgIpc) is 3.57. The van der Waals surface area contributed by atoms with Gasteiger partial charge in [0.1, 0.15) is 0 Å². The van der Waals surface area contributed by atoms with E-state index in [1.165, 1.54) is 28.2 Å². The molecule has 0 saturated carbocycles. The Labute approximate surface area is 219 Å². The molecule has 0 saturated heterocycles. The van der Waals surface area contributed by atoms with Gasteiger partial charge in [-0.3, -0.25) is 20.0 Å². The van der Waals surface area contributed by atoms with Crippen molar-refractivity contribution in [1.82, 2.24) is 14.8 Å². The smallest absolute Gasteiger partial charge is 0.286 e. The number of rotatable bonds is 6. The Morgan fingerprint density at radius 1 is 0.842 bits per heavy atom. The molecule has 2 aromatic heterocycles. The molecule has 10 heteroatoms. The normalized spacial score (nSPS) is 11.4. The van der Waals surface area contributed by atoms with E-state index in [-0.39, 0.29) is 11.4 Å². The summed E-state index contributed by atoms with van der Waals surface area (Å²) in [6.45, 7) is 0. The summed E-state index contributed by atoms with van der Waals surface area (Å²) in [5, 5.41) is 27.3. The van der Waals surface area contributed by atoms with Crippen LogP contribution >= 0.6 is 11.3 Å². The van der Waals surface area contributed by atoms with Crippen LogP contribution in [0.2, 0.25) is 0 Å². The van der Waals surface area contributed by atoms with Gasteiger partial charge < -0.3 is 0 Å². The van der Waals surface area contributed by atoms with Gasteiger partial charge in [-0.15, -0.1) is 16.5 Å². The summed E-state index contributed by atoms with van der Waals surface area (Å²) >= 11 is 1.31. The number of nitrogens with one attached hydrogen (secondary N) is 1. The highest BCUT2D eigenvalue weighted by Gasteiger charge is 2.20. The summed E-state index contributed by atoms with van der Waals surface area (Å²) in [6, 6.07) is 29.1. The summed E-state index contributed by atoms with van der Waals surface area (Å²) < 4.78 is 1.32. The monoisotopic (exact) mass is 518 g/mol. The maximum Gasteiger partial charge on any atom is 0.301 e. The van der Waals surface area contributed by atoms with E-state index in [0.717, 1.165) is 22.0 Å². The lowest BCUT2D eigenvalue weighted by Gasteiger charge is -2.00. The molecular weight excluding hydrogens is 500 g/mol. The number of nitro benzene ring substituents is 1. The Hall–Kier alpha value is -5.22. The van der Waals surface area contributed by atoms with Gasteiger partial charge in [-0.05, 0) is 35.0 Å². The largest absolute Gasteiger partial charge is 0.301 e. The van der Waals surface area contributed by atoms with Gasteiger partial charge in [0.15, 0.2) is 5.69 Å². The zero-order valence-corrected chi connectivity index (χ0v) is 20.5. The number of hydrogen-bond acceptors (Lipinski definition) is 7. The number of nitrogens with zero attached hydrogens (tertiary/aromatic N) is 5. The minimum atomic E-state index is -0.473. The highest BCUT2D eigenvalue weighted by Crippen LogP contribution is 2.31. The van der Waals surface area contributed by atoms with Crippen LogP contribution in [-0.4, -0.2) is 19.7 Å². The lowest BCUT2D eigenvalue weighted by atomic mass is 10.1. The highest BCUT2D eigenvalue weighted by atomic mass is 32.1. The van der Waals surface area contributed by atoms with E-state index in [9.17, 15) is 14.9 Å².